The molecule has 0 aliphatic rings. The summed E-state index contributed by atoms with van der Waals surface area (Å²) in [5.74, 6) is -0.906. The van der Waals surface area contributed by atoms with Crippen LogP contribution in [0.1, 0.15) is 42.2 Å². The number of hydrazone groups is 1. The number of fused-ring (bicyclic) bond motifs is 2. The van der Waals surface area contributed by atoms with Gasteiger partial charge in [-0.05, 0) is 73.2 Å². The van der Waals surface area contributed by atoms with Gasteiger partial charge in [-0.25, -0.2) is 10.2 Å². The van der Waals surface area contributed by atoms with Crippen LogP contribution in [0.4, 0.5) is 5.69 Å². The summed E-state index contributed by atoms with van der Waals surface area (Å²) in [6.45, 7) is 2.12. The second-order valence-corrected chi connectivity index (χ2v) is 13.2. The second kappa shape index (κ2) is 14.1. The van der Waals surface area contributed by atoms with Crippen LogP contribution in [0.25, 0.3) is 20.2 Å². The van der Waals surface area contributed by atoms with Crippen LogP contribution in [0.2, 0.25) is 15.1 Å². The molecule has 0 spiro atoms. The number of hydrogen-bond donors (Lipinski definition) is 2. The summed E-state index contributed by atoms with van der Waals surface area (Å²) in [7, 11) is 0. The predicted octanol–water partition coefficient (Wildman–Crippen LogP) is 9.71. The average molecular weight is 723 g/mol. The van der Waals surface area contributed by atoms with E-state index in [9.17, 15) is 14.4 Å². The lowest BCUT2D eigenvalue weighted by Crippen LogP contribution is -2.17. The van der Waals surface area contributed by atoms with Crippen molar-refractivity contribution < 1.29 is 23.9 Å². The van der Waals surface area contributed by atoms with Crippen LogP contribution in [0, 0.1) is 0 Å². The highest BCUT2D eigenvalue weighted by Gasteiger charge is 2.21. The molecule has 2 amide bonds. The molecule has 0 bridgehead atoms. The van der Waals surface area contributed by atoms with Crippen molar-refractivity contribution in [3.63, 3.8) is 0 Å². The van der Waals surface area contributed by atoms with E-state index in [-0.39, 0.29) is 16.5 Å². The van der Waals surface area contributed by atoms with Gasteiger partial charge in [0.05, 0.1) is 22.9 Å². The van der Waals surface area contributed by atoms with E-state index in [0.717, 1.165) is 14.8 Å². The average Bonchev–Trinajstić information content (AvgIpc) is 3.58. The van der Waals surface area contributed by atoms with E-state index < -0.39 is 11.9 Å². The quantitative estimate of drug-likeness (QED) is 0.0669. The van der Waals surface area contributed by atoms with Gasteiger partial charge in [-0.2, -0.15) is 5.10 Å². The lowest BCUT2D eigenvalue weighted by Gasteiger charge is -2.11. The number of benzene rings is 4. The Morgan fingerprint density at radius 2 is 1.51 bits per heavy atom. The Labute approximate surface area is 291 Å². The Bertz CT molecular complexity index is 2200. The third-order valence-corrected chi connectivity index (χ3v) is 10.3. The molecule has 6 rings (SSSR count). The zero-order valence-electron chi connectivity index (χ0n) is 24.3. The smallest absolute Gasteiger partial charge is 0.355 e. The van der Waals surface area contributed by atoms with Gasteiger partial charge in [-0.1, -0.05) is 59.1 Å². The van der Waals surface area contributed by atoms with E-state index in [1.807, 2.05) is 24.3 Å². The number of nitrogens with one attached hydrogen (secondary N) is 2. The van der Waals surface area contributed by atoms with Crippen molar-refractivity contribution in [3.8, 4) is 11.5 Å². The molecule has 236 valence electrons. The number of thiophene rings is 2. The first-order valence-corrected chi connectivity index (χ1v) is 16.8. The topological polar surface area (TPSA) is 106 Å². The van der Waals surface area contributed by atoms with E-state index in [1.54, 1.807) is 67.6 Å². The van der Waals surface area contributed by atoms with Crippen molar-refractivity contribution in [2.24, 2.45) is 5.10 Å². The van der Waals surface area contributed by atoms with E-state index >= 15 is 0 Å². The molecule has 0 fully saturated rings. The summed E-state index contributed by atoms with van der Waals surface area (Å²) in [6.07, 6.45) is 1.43. The summed E-state index contributed by atoms with van der Waals surface area (Å²) >= 11 is 21.5. The molecule has 0 unspecified atom stereocenters. The van der Waals surface area contributed by atoms with E-state index in [4.69, 9.17) is 44.3 Å². The summed E-state index contributed by atoms with van der Waals surface area (Å²) in [5.41, 5.74) is 3.90. The highest BCUT2D eigenvalue weighted by Crippen LogP contribution is 2.38. The van der Waals surface area contributed by atoms with E-state index in [2.05, 4.69) is 15.8 Å². The van der Waals surface area contributed by atoms with Crippen molar-refractivity contribution in [3.05, 3.63) is 121 Å². The van der Waals surface area contributed by atoms with Gasteiger partial charge in [-0.15, -0.1) is 22.7 Å². The predicted molar refractivity (Wildman–Crippen MR) is 191 cm³/mol. The Kier molecular flexibility index (Phi) is 9.76. The molecular formula is C34H22Cl3N3O5S2. The van der Waals surface area contributed by atoms with Crippen molar-refractivity contribution in [1.29, 1.82) is 0 Å². The summed E-state index contributed by atoms with van der Waals surface area (Å²) in [4.78, 5) is 39.2. The maximum Gasteiger partial charge on any atom is 0.355 e. The molecular weight excluding hydrogens is 701 g/mol. The third-order valence-electron chi connectivity index (χ3n) is 6.77. The number of hydrogen-bond acceptors (Lipinski definition) is 8. The molecule has 6 aromatic rings. The van der Waals surface area contributed by atoms with Gasteiger partial charge in [0.25, 0.3) is 11.8 Å². The number of amides is 2. The number of carbonyl (C=O) groups is 3. The Morgan fingerprint density at radius 3 is 2.28 bits per heavy atom. The number of carbonyl (C=O) groups excluding carboxylic acids is 3. The van der Waals surface area contributed by atoms with Crippen LogP contribution in [0.15, 0.2) is 90.0 Å². The largest absolute Gasteiger partial charge is 0.490 e. The van der Waals surface area contributed by atoms with Crippen molar-refractivity contribution in [1.82, 2.24) is 5.43 Å². The van der Waals surface area contributed by atoms with Gasteiger partial charge in [0, 0.05) is 36.4 Å². The van der Waals surface area contributed by atoms with Crippen molar-refractivity contribution in [2.75, 3.05) is 11.9 Å². The van der Waals surface area contributed by atoms with Gasteiger partial charge in [0.15, 0.2) is 11.5 Å². The first kappa shape index (κ1) is 32.5. The maximum atomic E-state index is 13.0. The molecule has 13 heteroatoms. The zero-order chi connectivity index (χ0) is 33.1. The second-order valence-electron chi connectivity index (χ2n) is 9.89. The molecule has 2 N–H and O–H groups in total. The maximum absolute atomic E-state index is 13.0. The molecule has 0 radical (unpaired) electrons. The Morgan fingerprint density at radius 1 is 0.787 bits per heavy atom. The monoisotopic (exact) mass is 721 g/mol. The minimum Gasteiger partial charge on any atom is -0.490 e. The number of esters is 1. The molecule has 47 heavy (non-hydrogen) atoms. The highest BCUT2D eigenvalue weighted by atomic mass is 35.5. The summed E-state index contributed by atoms with van der Waals surface area (Å²) < 4.78 is 13.0. The molecule has 0 saturated heterocycles. The minimum absolute atomic E-state index is 0.200. The lowest BCUT2D eigenvalue weighted by molar-refractivity contribution is 0.0733. The number of halogens is 3. The summed E-state index contributed by atoms with van der Waals surface area (Å²) in [6, 6.07) is 24.0. The van der Waals surface area contributed by atoms with Gasteiger partial charge in [-0.3, -0.25) is 9.59 Å². The van der Waals surface area contributed by atoms with Gasteiger partial charge < -0.3 is 14.8 Å². The molecule has 0 atom stereocenters. The number of rotatable bonds is 9. The fourth-order valence-electron chi connectivity index (χ4n) is 4.56. The van der Waals surface area contributed by atoms with E-state index in [1.165, 1.54) is 28.9 Å². The van der Waals surface area contributed by atoms with E-state index in [0.29, 0.717) is 54.5 Å². The van der Waals surface area contributed by atoms with Gasteiger partial charge >= 0.3 is 5.97 Å². The molecule has 4 aromatic carbocycles. The molecule has 8 nitrogen and oxygen atoms in total. The normalized spacial score (nSPS) is 11.2. The number of nitrogens with zero attached hydrogens (tertiary/aromatic N) is 1. The van der Waals surface area contributed by atoms with Crippen LogP contribution in [0.5, 0.6) is 11.5 Å². The highest BCUT2D eigenvalue weighted by molar-refractivity contribution is 7.22. The van der Waals surface area contributed by atoms with Gasteiger partial charge in [0.1, 0.15) is 9.75 Å². The van der Waals surface area contributed by atoms with Gasteiger partial charge in [0.2, 0.25) is 0 Å². The molecule has 2 heterocycles. The number of anilines is 1. The van der Waals surface area contributed by atoms with Crippen molar-refractivity contribution >= 4 is 107 Å². The van der Waals surface area contributed by atoms with Crippen LogP contribution >= 0.6 is 57.5 Å². The molecule has 0 aliphatic carbocycles. The van der Waals surface area contributed by atoms with Crippen LogP contribution in [-0.2, 0) is 0 Å². The molecule has 0 aliphatic heterocycles. The van der Waals surface area contributed by atoms with Crippen LogP contribution in [0.3, 0.4) is 0 Å². The SMILES string of the molecule is CCOc1cc(/C=N\NC(=O)c2ccc(NC(=O)c3sc4ccccc4c3Cl)cc2)ccc1OC(=O)c1sc2cc(Cl)ccc2c1Cl. The van der Waals surface area contributed by atoms with Crippen LogP contribution < -0.4 is 20.2 Å². The zero-order valence-corrected chi connectivity index (χ0v) is 28.2. The van der Waals surface area contributed by atoms with Crippen LogP contribution in [-0.4, -0.2) is 30.6 Å². The molecule has 0 saturated carbocycles. The fraction of sp³-hybridized carbons (Fsp3) is 0.0588. The summed E-state index contributed by atoms with van der Waals surface area (Å²) in [5, 5.41) is 9.63. The first-order chi connectivity index (χ1) is 22.7. The Balaban J connectivity index is 1.08. The number of ether oxygens (including phenoxy) is 2. The third kappa shape index (κ3) is 7.12. The lowest BCUT2D eigenvalue weighted by atomic mass is 10.2. The fourth-order valence-corrected chi connectivity index (χ4v) is 7.63. The standard InChI is InChI=1S/C34H22Cl3N3O5S2/c1-2-44-25-15-18(7-14-24(25)45-34(43)31-29(37)23-13-10-20(35)16-27(23)47-31)17-38-40-32(41)19-8-11-21(12-9-19)39-33(42)30-28(36)22-5-3-4-6-26(22)46-30/h3-17H,2H2,1H3,(H,39,42)(H,40,41)/b38-17-. The first-order valence-electron chi connectivity index (χ1n) is 14.0. The Hall–Kier alpha value is -4.45. The minimum atomic E-state index is -0.628. The van der Waals surface area contributed by atoms with Crippen molar-refractivity contribution in [2.45, 2.75) is 6.92 Å². The molecule has 2 aromatic heterocycles.